The first-order valence-corrected chi connectivity index (χ1v) is 14.8. The van der Waals surface area contributed by atoms with E-state index in [1.54, 1.807) is 0 Å². The number of hydrogen-bond donors (Lipinski definition) is 2. The lowest BCUT2D eigenvalue weighted by Crippen LogP contribution is -2.57. The molecule has 1 aromatic heterocycles. The standard InChI is InChI=1S/C35H44N4.3ClH/c1-4-27(2)35(39-25-23-36-24-26-39,33-28(3)37-34(38-33)31-19-12-7-13-20-31)22-14-21-32(29-15-8-5-9-16-29)30-17-10-6-11-18-30;;;/h5-13,15-20,27,32,36H,4,14,21-26H2,1-3H3,(H,37,38);3*1H. The Balaban J connectivity index is 0.00000205. The van der Waals surface area contributed by atoms with Gasteiger partial charge in [0.25, 0.3) is 0 Å². The van der Waals surface area contributed by atoms with E-state index in [1.165, 1.54) is 22.5 Å². The zero-order valence-electron chi connectivity index (χ0n) is 25.1. The molecule has 2 atom stereocenters. The quantitative estimate of drug-likeness (QED) is 0.174. The van der Waals surface area contributed by atoms with Crippen LogP contribution in [0.2, 0.25) is 0 Å². The molecular weight excluding hydrogens is 583 g/mol. The first kappa shape index (κ1) is 35.9. The molecule has 1 aliphatic rings. The van der Waals surface area contributed by atoms with Crippen LogP contribution >= 0.6 is 37.2 Å². The molecule has 0 saturated carbocycles. The van der Waals surface area contributed by atoms with E-state index in [0.717, 1.165) is 63.3 Å². The molecule has 2 unspecified atom stereocenters. The summed E-state index contributed by atoms with van der Waals surface area (Å²) in [6.45, 7) is 11.2. The number of rotatable bonds is 11. The van der Waals surface area contributed by atoms with E-state index in [1.807, 2.05) is 0 Å². The molecule has 0 spiro atoms. The Morgan fingerprint density at radius 1 is 0.810 bits per heavy atom. The van der Waals surface area contributed by atoms with E-state index >= 15 is 0 Å². The van der Waals surface area contributed by atoms with Gasteiger partial charge < -0.3 is 10.3 Å². The number of benzene rings is 3. The average molecular weight is 630 g/mol. The Morgan fingerprint density at radius 2 is 1.33 bits per heavy atom. The molecule has 5 rings (SSSR count). The van der Waals surface area contributed by atoms with Crippen LogP contribution in [0.1, 0.15) is 68.0 Å². The number of aromatic amines is 1. The minimum atomic E-state index is -0.109. The normalized spacial score (nSPS) is 15.5. The highest BCUT2D eigenvalue weighted by Crippen LogP contribution is 2.45. The lowest BCUT2D eigenvalue weighted by molar-refractivity contribution is 0.00761. The van der Waals surface area contributed by atoms with Crippen molar-refractivity contribution in [2.75, 3.05) is 26.2 Å². The van der Waals surface area contributed by atoms with Crippen molar-refractivity contribution in [1.29, 1.82) is 0 Å². The first-order valence-electron chi connectivity index (χ1n) is 14.8. The van der Waals surface area contributed by atoms with Gasteiger partial charge in [-0.15, -0.1) is 37.2 Å². The van der Waals surface area contributed by atoms with Crippen molar-refractivity contribution >= 4 is 37.2 Å². The zero-order chi connectivity index (χ0) is 27.1. The fourth-order valence-corrected chi connectivity index (χ4v) is 6.71. The summed E-state index contributed by atoms with van der Waals surface area (Å²) in [7, 11) is 0. The van der Waals surface area contributed by atoms with Crippen molar-refractivity contribution in [2.45, 2.75) is 57.9 Å². The minimum absolute atomic E-state index is 0. The zero-order valence-corrected chi connectivity index (χ0v) is 27.5. The van der Waals surface area contributed by atoms with Crippen molar-refractivity contribution in [3.05, 3.63) is 114 Å². The van der Waals surface area contributed by atoms with Gasteiger partial charge in [-0.3, -0.25) is 4.90 Å². The molecule has 0 radical (unpaired) electrons. The molecule has 42 heavy (non-hydrogen) atoms. The Labute approximate surface area is 271 Å². The number of hydrogen-bond acceptors (Lipinski definition) is 3. The number of H-pyrrole nitrogens is 1. The first-order chi connectivity index (χ1) is 19.1. The molecule has 0 bridgehead atoms. The lowest BCUT2D eigenvalue weighted by atomic mass is 9.73. The number of aromatic nitrogens is 2. The number of halogens is 3. The van der Waals surface area contributed by atoms with Gasteiger partial charge in [0, 0.05) is 43.4 Å². The van der Waals surface area contributed by atoms with Crippen LogP contribution in [0.25, 0.3) is 11.4 Å². The molecule has 0 aliphatic carbocycles. The molecular formula is C35H47Cl3N4. The fourth-order valence-electron chi connectivity index (χ4n) is 6.71. The topological polar surface area (TPSA) is 44.0 Å². The average Bonchev–Trinajstić information content (AvgIpc) is 3.40. The van der Waals surface area contributed by atoms with Gasteiger partial charge >= 0.3 is 0 Å². The van der Waals surface area contributed by atoms with Crippen molar-refractivity contribution < 1.29 is 0 Å². The highest BCUT2D eigenvalue weighted by molar-refractivity contribution is 5.86. The van der Waals surface area contributed by atoms with E-state index in [-0.39, 0.29) is 42.8 Å². The van der Waals surface area contributed by atoms with Crippen LogP contribution in [0.15, 0.2) is 91.0 Å². The summed E-state index contributed by atoms with van der Waals surface area (Å²) in [5.41, 5.74) is 6.30. The monoisotopic (exact) mass is 628 g/mol. The molecule has 3 aromatic carbocycles. The van der Waals surface area contributed by atoms with Crippen LogP contribution < -0.4 is 5.32 Å². The van der Waals surface area contributed by atoms with E-state index < -0.39 is 0 Å². The van der Waals surface area contributed by atoms with E-state index in [2.05, 4.69) is 127 Å². The maximum Gasteiger partial charge on any atom is 0.137 e. The molecule has 1 saturated heterocycles. The molecule has 2 heterocycles. The summed E-state index contributed by atoms with van der Waals surface area (Å²) in [6, 6.07) is 32.7. The summed E-state index contributed by atoms with van der Waals surface area (Å²) in [6.07, 6.45) is 4.47. The second kappa shape index (κ2) is 17.1. The van der Waals surface area contributed by atoms with Gasteiger partial charge in [0.1, 0.15) is 5.82 Å². The SMILES string of the molecule is CCC(C)C(CCCC(c1ccccc1)c1ccccc1)(c1nc(-c2ccccc2)[nH]c1C)N1CCNCC1.Cl.Cl.Cl. The molecule has 2 N–H and O–H groups in total. The third-order valence-corrected chi connectivity index (χ3v) is 8.91. The fraction of sp³-hybridized carbons (Fsp3) is 0.400. The van der Waals surface area contributed by atoms with Crippen molar-refractivity contribution in [3.8, 4) is 11.4 Å². The Morgan fingerprint density at radius 3 is 1.86 bits per heavy atom. The third-order valence-electron chi connectivity index (χ3n) is 8.91. The van der Waals surface area contributed by atoms with Crippen molar-refractivity contribution in [2.24, 2.45) is 5.92 Å². The van der Waals surface area contributed by atoms with Crippen LogP contribution in [0, 0.1) is 12.8 Å². The summed E-state index contributed by atoms with van der Waals surface area (Å²) in [5, 5.41) is 3.59. The number of nitrogens with zero attached hydrogens (tertiary/aromatic N) is 2. The highest BCUT2D eigenvalue weighted by Gasteiger charge is 2.45. The molecule has 7 heteroatoms. The predicted molar refractivity (Wildman–Crippen MR) is 185 cm³/mol. The van der Waals surface area contributed by atoms with Crippen LogP contribution in [0.4, 0.5) is 0 Å². The number of piperazine rings is 1. The van der Waals surface area contributed by atoms with Crippen molar-refractivity contribution in [1.82, 2.24) is 20.2 Å². The molecule has 0 amide bonds. The van der Waals surface area contributed by atoms with Gasteiger partial charge in [0.15, 0.2) is 0 Å². The molecule has 1 fully saturated rings. The second-order valence-electron chi connectivity index (χ2n) is 11.2. The van der Waals surface area contributed by atoms with Gasteiger partial charge in [0.05, 0.1) is 11.2 Å². The number of aryl methyl sites for hydroxylation is 1. The predicted octanol–water partition coefficient (Wildman–Crippen LogP) is 8.80. The molecule has 1 aliphatic heterocycles. The second-order valence-corrected chi connectivity index (χ2v) is 11.2. The molecule has 228 valence electrons. The molecule has 4 aromatic rings. The van der Waals surface area contributed by atoms with Crippen LogP contribution in [-0.2, 0) is 5.54 Å². The Hall–Kier alpha value is -2.34. The summed E-state index contributed by atoms with van der Waals surface area (Å²) < 4.78 is 0. The van der Waals surface area contributed by atoms with E-state index in [0.29, 0.717) is 11.8 Å². The Bertz CT molecular complexity index is 1250. The van der Waals surface area contributed by atoms with Crippen LogP contribution in [0.5, 0.6) is 0 Å². The number of imidazole rings is 1. The van der Waals surface area contributed by atoms with E-state index in [9.17, 15) is 0 Å². The summed E-state index contributed by atoms with van der Waals surface area (Å²) >= 11 is 0. The largest absolute Gasteiger partial charge is 0.342 e. The summed E-state index contributed by atoms with van der Waals surface area (Å²) in [5.74, 6) is 1.86. The maximum absolute atomic E-state index is 5.39. The van der Waals surface area contributed by atoms with E-state index in [4.69, 9.17) is 4.98 Å². The smallest absolute Gasteiger partial charge is 0.137 e. The highest BCUT2D eigenvalue weighted by atomic mass is 35.5. The van der Waals surface area contributed by atoms with Gasteiger partial charge in [-0.25, -0.2) is 4.98 Å². The van der Waals surface area contributed by atoms with Gasteiger partial charge in [-0.05, 0) is 36.8 Å². The number of nitrogens with one attached hydrogen (secondary N) is 2. The lowest BCUT2D eigenvalue weighted by Gasteiger charge is -2.49. The third kappa shape index (κ3) is 7.78. The van der Waals surface area contributed by atoms with Crippen LogP contribution in [-0.4, -0.2) is 41.0 Å². The minimum Gasteiger partial charge on any atom is -0.342 e. The maximum atomic E-state index is 5.39. The Kier molecular flexibility index (Phi) is 14.6. The van der Waals surface area contributed by atoms with Crippen molar-refractivity contribution in [3.63, 3.8) is 0 Å². The van der Waals surface area contributed by atoms with Gasteiger partial charge in [0.2, 0.25) is 0 Å². The summed E-state index contributed by atoms with van der Waals surface area (Å²) in [4.78, 5) is 11.8. The molecule has 4 nitrogen and oxygen atoms in total. The van der Waals surface area contributed by atoms with Crippen LogP contribution in [0.3, 0.4) is 0 Å². The van der Waals surface area contributed by atoms with Gasteiger partial charge in [-0.1, -0.05) is 118 Å². The van der Waals surface area contributed by atoms with Gasteiger partial charge in [-0.2, -0.15) is 0 Å².